The van der Waals surface area contributed by atoms with Crippen LogP contribution >= 0.6 is 11.6 Å². The van der Waals surface area contributed by atoms with Gasteiger partial charge < -0.3 is 33.1 Å². The van der Waals surface area contributed by atoms with Crippen molar-refractivity contribution in [3.8, 4) is 34.3 Å². The Morgan fingerprint density at radius 1 is 1.02 bits per heavy atom. The molecule has 10 nitrogen and oxygen atoms in total. The first-order valence-electron chi connectivity index (χ1n) is 14.0. The lowest BCUT2D eigenvalue weighted by Gasteiger charge is -2.35. The fourth-order valence-corrected chi connectivity index (χ4v) is 6.24. The first kappa shape index (κ1) is 29.4. The minimum absolute atomic E-state index is 0.0209. The van der Waals surface area contributed by atoms with Gasteiger partial charge in [-0.1, -0.05) is 18.5 Å². The number of benzene rings is 2. The average Bonchev–Trinajstić information content (AvgIpc) is 3.75. The van der Waals surface area contributed by atoms with Crippen molar-refractivity contribution in [2.75, 3.05) is 27.9 Å². The van der Waals surface area contributed by atoms with Crippen LogP contribution in [0, 0.1) is 5.92 Å². The number of nitrogens with one attached hydrogen (secondary N) is 1. The van der Waals surface area contributed by atoms with E-state index in [-0.39, 0.29) is 52.1 Å². The van der Waals surface area contributed by atoms with E-state index in [1.54, 1.807) is 50.6 Å². The summed E-state index contributed by atoms with van der Waals surface area (Å²) in [5.74, 6) is 0.394. The van der Waals surface area contributed by atoms with Crippen molar-refractivity contribution in [3.05, 3.63) is 82.0 Å². The zero-order valence-electron chi connectivity index (χ0n) is 24.6. The second-order valence-electron chi connectivity index (χ2n) is 10.7. The first-order chi connectivity index (χ1) is 21.2. The second kappa shape index (κ2) is 11.4. The molecule has 4 aromatic rings. The van der Waals surface area contributed by atoms with Crippen molar-refractivity contribution in [2.45, 2.75) is 31.8 Å². The fourth-order valence-electron chi connectivity index (χ4n) is 5.98. The Kier molecular flexibility index (Phi) is 7.63. The van der Waals surface area contributed by atoms with Crippen molar-refractivity contribution in [1.29, 1.82) is 0 Å². The number of ketones is 2. The monoisotopic (exact) mass is 619 g/mol. The molecule has 0 fully saturated rings. The van der Waals surface area contributed by atoms with E-state index in [1.807, 2.05) is 6.07 Å². The maximum atomic E-state index is 14.6. The van der Waals surface area contributed by atoms with Gasteiger partial charge in [0.15, 0.2) is 5.75 Å². The molecular formula is C33H30ClNO9. The lowest BCUT2D eigenvalue weighted by Crippen LogP contribution is -2.56. The molecule has 2 unspecified atom stereocenters. The van der Waals surface area contributed by atoms with Crippen LogP contribution in [-0.2, 0) is 24.1 Å². The van der Waals surface area contributed by atoms with E-state index >= 15 is 0 Å². The highest BCUT2D eigenvalue weighted by Crippen LogP contribution is 2.54. The molecule has 2 aliphatic rings. The van der Waals surface area contributed by atoms with E-state index < -0.39 is 23.1 Å². The zero-order valence-corrected chi connectivity index (χ0v) is 25.3. The second-order valence-corrected chi connectivity index (χ2v) is 11.1. The molecule has 2 atom stereocenters. The number of amides is 1. The summed E-state index contributed by atoms with van der Waals surface area (Å²) in [6.07, 6.45) is 2.09. The Balaban J connectivity index is 1.42. The van der Waals surface area contributed by atoms with E-state index in [4.69, 9.17) is 39.4 Å². The molecule has 1 amide bonds. The van der Waals surface area contributed by atoms with Gasteiger partial charge in [-0.3, -0.25) is 14.4 Å². The number of Topliss-reactive ketones (excluding diaryl/α,β-unsaturated/α-hetero) is 2. The van der Waals surface area contributed by atoms with Crippen LogP contribution < -0.4 is 24.3 Å². The largest absolute Gasteiger partial charge is 0.497 e. The molecule has 0 saturated heterocycles. The molecule has 0 bridgehead atoms. The summed E-state index contributed by atoms with van der Waals surface area (Å²) in [4.78, 5) is 42.1. The molecule has 0 saturated carbocycles. The third-order valence-electron chi connectivity index (χ3n) is 8.21. The van der Waals surface area contributed by atoms with Gasteiger partial charge in [-0.15, -0.1) is 0 Å². The van der Waals surface area contributed by atoms with Gasteiger partial charge in [0, 0.05) is 42.5 Å². The number of halogens is 1. The van der Waals surface area contributed by atoms with E-state index in [1.165, 1.54) is 20.3 Å². The zero-order chi connectivity index (χ0) is 31.2. The van der Waals surface area contributed by atoms with Crippen molar-refractivity contribution < 1.29 is 42.2 Å². The normalized spacial score (nSPS) is 18.5. The highest BCUT2D eigenvalue weighted by atomic mass is 35.5. The SMILES string of the molecule is COc1ccc(-c2oc3c(c2CC(=O)NCCc2ccco2)C(=O)C2(Oc4c(Cl)c(OC)cc(OC)c4C2=O)C(C)C3)cc1. The number of hydrogen-bond donors (Lipinski definition) is 1. The average molecular weight is 620 g/mol. The molecule has 6 rings (SSSR count). The van der Waals surface area contributed by atoms with Crippen LogP contribution in [-0.4, -0.2) is 50.9 Å². The third-order valence-corrected chi connectivity index (χ3v) is 8.57. The smallest absolute Gasteiger partial charge is 0.237 e. The summed E-state index contributed by atoms with van der Waals surface area (Å²) in [6.45, 7) is 2.08. The van der Waals surface area contributed by atoms with E-state index in [0.717, 1.165) is 5.76 Å². The van der Waals surface area contributed by atoms with Gasteiger partial charge in [0.25, 0.3) is 0 Å². The fraction of sp³-hybridized carbons (Fsp3) is 0.303. The number of ether oxygens (including phenoxy) is 4. The van der Waals surface area contributed by atoms with Crippen LogP contribution in [0.1, 0.15) is 44.7 Å². The minimum Gasteiger partial charge on any atom is -0.497 e. The van der Waals surface area contributed by atoms with Crippen LogP contribution in [0.25, 0.3) is 11.3 Å². The Hall–Kier alpha value is -4.70. The van der Waals surface area contributed by atoms with Crippen LogP contribution in [0.4, 0.5) is 0 Å². The number of rotatable bonds is 9. The first-order valence-corrected chi connectivity index (χ1v) is 14.4. The predicted molar refractivity (Wildman–Crippen MR) is 159 cm³/mol. The van der Waals surface area contributed by atoms with Crippen LogP contribution in [0.15, 0.2) is 57.6 Å². The Morgan fingerprint density at radius 3 is 2.41 bits per heavy atom. The highest BCUT2D eigenvalue weighted by Gasteiger charge is 2.63. The summed E-state index contributed by atoms with van der Waals surface area (Å²) >= 11 is 6.58. The summed E-state index contributed by atoms with van der Waals surface area (Å²) < 4.78 is 34.1. The van der Waals surface area contributed by atoms with Gasteiger partial charge >= 0.3 is 0 Å². The van der Waals surface area contributed by atoms with Gasteiger partial charge in [0.1, 0.15) is 45.1 Å². The Bertz CT molecular complexity index is 1760. The number of carbonyl (C=O) groups excluding carboxylic acids is 3. The van der Waals surface area contributed by atoms with Gasteiger partial charge in [-0.05, 0) is 36.4 Å². The molecule has 2 aromatic heterocycles. The maximum Gasteiger partial charge on any atom is 0.237 e. The Morgan fingerprint density at radius 2 is 1.75 bits per heavy atom. The topological polar surface area (TPSA) is 126 Å². The summed E-state index contributed by atoms with van der Waals surface area (Å²) in [6, 6.07) is 12.2. The molecule has 2 aromatic carbocycles. The van der Waals surface area contributed by atoms with Crippen molar-refractivity contribution >= 4 is 29.1 Å². The van der Waals surface area contributed by atoms with Crippen molar-refractivity contribution in [2.24, 2.45) is 5.92 Å². The van der Waals surface area contributed by atoms with E-state index in [0.29, 0.717) is 41.4 Å². The summed E-state index contributed by atoms with van der Waals surface area (Å²) in [7, 11) is 4.40. The van der Waals surface area contributed by atoms with Crippen LogP contribution in [0.5, 0.6) is 23.0 Å². The van der Waals surface area contributed by atoms with Gasteiger partial charge in [0.05, 0.1) is 39.6 Å². The molecule has 228 valence electrons. The standard InChI is InChI=1S/C33H30ClNO9/c1-17-14-23-26(31(37)33(17)32(38)27-22(40-3)16-24(41-4)28(34)30(27)44-33)21(15-25(36)35-12-11-20-6-5-13-42-20)29(43-23)18-7-9-19(39-2)10-8-18/h5-10,13,16-17H,11-12,14-15H2,1-4H3,(H,35,36). The van der Waals surface area contributed by atoms with Crippen molar-refractivity contribution in [1.82, 2.24) is 5.32 Å². The van der Waals surface area contributed by atoms with Crippen molar-refractivity contribution in [3.63, 3.8) is 0 Å². The van der Waals surface area contributed by atoms with Crippen LogP contribution in [0.2, 0.25) is 5.02 Å². The van der Waals surface area contributed by atoms with Gasteiger partial charge in [0.2, 0.25) is 23.1 Å². The number of furan rings is 2. The summed E-state index contributed by atoms with van der Waals surface area (Å²) in [5, 5.41) is 2.94. The molecule has 44 heavy (non-hydrogen) atoms. The summed E-state index contributed by atoms with van der Waals surface area (Å²) in [5.41, 5.74) is -0.717. The molecule has 11 heteroatoms. The molecule has 1 N–H and O–H groups in total. The van der Waals surface area contributed by atoms with E-state index in [9.17, 15) is 14.4 Å². The lowest BCUT2D eigenvalue weighted by molar-refractivity contribution is -0.120. The third kappa shape index (κ3) is 4.61. The molecule has 0 radical (unpaired) electrons. The van der Waals surface area contributed by atoms with Gasteiger partial charge in [-0.25, -0.2) is 0 Å². The van der Waals surface area contributed by atoms with Gasteiger partial charge in [-0.2, -0.15) is 0 Å². The number of fused-ring (bicyclic) bond motifs is 2. The molecule has 3 heterocycles. The quantitative estimate of drug-likeness (QED) is 0.241. The Labute approximate surface area is 258 Å². The number of methoxy groups -OCH3 is 3. The minimum atomic E-state index is -1.94. The number of hydrogen-bond acceptors (Lipinski definition) is 9. The number of carbonyl (C=O) groups is 3. The highest BCUT2D eigenvalue weighted by molar-refractivity contribution is 6.36. The maximum absolute atomic E-state index is 14.6. The lowest BCUT2D eigenvalue weighted by atomic mass is 9.70. The molecule has 1 spiro atoms. The molecule has 1 aliphatic carbocycles. The molecule has 1 aliphatic heterocycles. The van der Waals surface area contributed by atoms with Crippen LogP contribution in [0.3, 0.4) is 0 Å². The van der Waals surface area contributed by atoms with E-state index in [2.05, 4.69) is 5.32 Å². The molecular weight excluding hydrogens is 590 g/mol. The predicted octanol–water partition coefficient (Wildman–Crippen LogP) is 5.51.